The summed E-state index contributed by atoms with van der Waals surface area (Å²) >= 11 is 0.545. The molecule has 0 saturated carbocycles. The second-order valence-electron chi connectivity index (χ2n) is 3.14. The molecule has 2 N–H and O–H groups in total. The minimum atomic E-state index is -5.55. The molecule has 0 radical (unpaired) electrons. The molecule has 15 heavy (non-hydrogen) atoms. The molecule has 1 aliphatic rings. The Kier molecular flexibility index (Phi) is 3.83. The van der Waals surface area contributed by atoms with Gasteiger partial charge in [0.1, 0.15) is 0 Å². The lowest BCUT2D eigenvalue weighted by Gasteiger charge is -2.33. The van der Waals surface area contributed by atoms with Gasteiger partial charge in [0.2, 0.25) is 0 Å². The van der Waals surface area contributed by atoms with E-state index in [1.807, 2.05) is 0 Å². The highest BCUT2D eigenvalue weighted by molar-refractivity contribution is 8.00. The molecule has 0 spiro atoms. The monoisotopic (exact) mass is 251 g/mol. The van der Waals surface area contributed by atoms with E-state index in [0.29, 0.717) is 11.8 Å². The van der Waals surface area contributed by atoms with E-state index >= 15 is 0 Å². The van der Waals surface area contributed by atoms with Gasteiger partial charge in [0.15, 0.2) is 0 Å². The predicted octanol–water partition coefficient (Wildman–Crippen LogP) is 1.64. The van der Waals surface area contributed by atoms with Crippen LogP contribution in [-0.4, -0.2) is 42.4 Å². The van der Waals surface area contributed by atoms with Crippen LogP contribution in [-0.2, 0) is 4.74 Å². The fraction of sp³-hybridized carbons (Fsp3) is 1.00. The quantitative estimate of drug-likeness (QED) is 0.771. The number of hydrogen-bond donors (Lipinski definition) is 1. The smallest absolute Gasteiger partial charge is 0.379 e. The van der Waals surface area contributed by atoms with Crippen molar-refractivity contribution in [2.45, 2.75) is 22.6 Å². The summed E-state index contributed by atoms with van der Waals surface area (Å²) in [6.07, 6.45) is -5.55. The van der Waals surface area contributed by atoms with Crippen LogP contribution in [0.2, 0.25) is 0 Å². The number of hydrogen-bond acceptors (Lipinski definition) is 3. The van der Waals surface area contributed by atoms with Crippen molar-refractivity contribution >= 4 is 11.8 Å². The standard InChI is InChI=1S/C7H10F5NOS/c8-6(9,7(10,11)12)5(1-13)15-4-2-14-3-4/h4-5H,1-3,13H2. The Morgan fingerprint density at radius 2 is 1.80 bits per heavy atom. The van der Waals surface area contributed by atoms with E-state index < -0.39 is 23.9 Å². The number of rotatable bonds is 4. The Morgan fingerprint density at radius 1 is 1.27 bits per heavy atom. The van der Waals surface area contributed by atoms with Crippen LogP contribution in [0, 0.1) is 0 Å². The molecule has 1 aliphatic heterocycles. The van der Waals surface area contributed by atoms with Crippen LogP contribution in [0.4, 0.5) is 22.0 Å². The van der Waals surface area contributed by atoms with Gasteiger partial charge in [-0.25, -0.2) is 0 Å². The molecule has 0 aromatic heterocycles. The fourth-order valence-corrected chi connectivity index (χ4v) is 2.23. The first-order valence-electron chi connectivity index (χ1n) is 4.17. The van der Waals surface area contributed by atoms with Crippen molar-refractivity contribution in [1.82, 2.24) is 0 Å². The van der Waals surface area contributed by atoms with Crippen LogP contribution < -0.4 is 5.73 Å². The summed E-state index contributed by atoms with van der Waals surface area (Å²) in [7, 11) is 0. The average Bonchev–Trinajstić information content (AvgIpc) is 1.99. The highest BCUT2D eigenvalue weighted by Gasteiger charge is 2.62. The minimum Gasteiger partial charge on any atom is -0.379 e. The van der Waals surface area contributed by atoms with Crippen LogP contribution in [0.3, 0.4) is 0 Å². The van der Waals surface area contributed by atoms with Crippen molar-refractivity contribution in [3.63, 3.8) is 0 Å². The van der Waals surface area contributed by atoms with Crippen molar-refractivity contribution in [3.05, 3.63) is 0 Å². The Bertz CT molecular complexity index is 218. The van der Waals surface area contributed by atoms with Crippen LogP contribution in [0.25, 0.3) is 0 Å². The number of halogens is 5. The van der Waals surface area contributed by atoms with Gasteiger partial charge in [-0.2, -0.15) is 22.0 Å². The molecule has 0 aromatic rings. The maximum atomic E-state index is 12.8. The van der Waals surface area contributed by atoms with E-state index in [4.69, 9.17) is 10.5 Å². The van der Waals surface area contributed by atoms with E-state index in [0.717, 1.165) is 0 Å². The minimum absolute atomic E-state index is 0.203. The molecule has 0 aliphatic carbocycles. The molecule has 0 aromatic carbocycles. The zero-order chi connectivity index (χ0) is 11.7. The molecule has 0 amide bonds. The van der Waals surface area contributed by atoms with Crippen molar-refractivity contribution in [3.8, 4) is 0 Å². The predicted molar refractivity (Wildman–Crippen MR) is 46.0 cm³/mol. The van der Waals surface area contributed by atoms with Crippen molar-refractivity contribution in [2.24, 2.45) is 5.73 Å². The van der Waals surface area contributed by atoms with Crippen molar-refractivity contribution in [2.75, 3.05) is 19.8 Å². The second-order valence-corrected chi connectivity index (χ2v) is 4.65. The maximum Gasteiger partial charge on any atom is 0.454 e. The first-order chi connectivity index (χ1) is 6.79. The van der Waals surface area contributed by atoms with Gasteiger partial charge in [-0.3, -0.25) is 0 Å². The lowest BCUT2D eigenvalue weighted by atomic mass is 10.2. The molecule has 1 unspecified atom stereocenters. The zero-order valence-corrected chi connectivity index (χ0v) is 8.38. The van der Waals surface area contributed by atoms with Gasteiger partial charge in [0.25, 0.3) is 0 Å². The molecule has 1 atom stereocenters. The molecule has 8 heteroatoms. The number of alkyl halides is 5. The molecular formula is C7H10F5NOS. The van der Waals surface area contributed by atoms with E-state index in [9.17, 15) is 22.0 Å². The third kappa shape index (κ3) is 2.73. The van der Waals surface area contributed by atoms with Gasteiger partial charge in [-0.15, -0.1) is 11.8 Å². The third-order valence-electron chi connectivity index (χ3n) is 1.96. The summed E-state index contributed by atoms with van der Waals surface area (Å²) in [5.41, 5.74) is 4.94. The molecule has 1 rings (SSSR count). The molecular weight excluding hydrogens is 241 g/mol. The fourth-order valence-electron chi connectivity index (χ4n) is 0.997. The van der Waals surface area contributed by atoms with Gasteiger partial charge in [-0.05, 0) is 0 Å². The van der Waals surface area contributed by atoms with Gasteiger partial charge in [0, 0.05) is 6.54 Å². The van der Waals surface area contributed by atoms with Crippen molar-refractivity contribution in [1.29, 1.82) is 0 Å². The lowest BCUT2D eigenvalue weighted by molar-refractivity contribution is -0.280. The second kappa shape index (κ2) is 4.42. The Balaban J connectivity index is 2.62. The first kappa shape index (κ1) is 13.0. The topological polar surface area (TPSA) is 35.2 Å². The van der Waals surface area contributed by atoms with Crippen LogP contribution in [0.5, 0.6) is 0 Å². The van der Waals surface area contributed by atoms with E-state index in [2.05, 4.69) is 0 Å². The van der Waals surface area contributed by atoms with Crippen LogP contribution in [0.15, 0.2) is 0 Å². The van der Waals surface area contributed by atoms with Crippen molar-refractivity contribution < 1.29 is 26.7 Å². The molecule has 90 valence electrons. The first-order valence-corrected chi connectivity index (χ1v) is 5.11. The normalized spacial score (nSPS) is 21.2. The largest absolute Gasteiger partial charge is 0.454 e. The molecule has 0 bridgehead atoms. The van der Waals surface area contributed by atoms with E-state index in [-0.39, 0.29) is 18.5 Å². The molecule has 1 fully saturated rings. The summed E-state index contributed by atoms with van der Waals surface area (Å²) in [6, 6.07) is 0. The van der Waals surface area contributed by atoms with E-state index in [1.165, 1.54) is 0 Å². The number of thioether (sulfide) groups is 1. The third-order valence-corrected chi connectivity index (χ3v) is 3.43. The summed E-state index contributed by atoms with van der Waals surface area (Å²) in [5, 5.41) is -2.25. The Morgan fingerprint density at radius 3 is 2.07 bits per heavy atom. The number of ether oxygens (including phenoxy) is 1. The van der Waals surface area contributed by atoms with Gasteiger partial charge < -0.3 is 10.5 Å². The van der Waals surface area contributed by atoms with Gasteiger partial charge >= 0.3 is 12.1 Å². The highest BCUT2D eigenvalue weighted by Crippen LogP contribution is 2.44. The summed E-state index contributed by atoms with van der Waals surface area (Å²) in [4.78, 5) is 0. The molecule has 2 nitrogen and oxygen atoms in total. The van der Waals surface area contributed by atoms with E-state index in [1.54, 1.807) is 0 Å². The van der Waals surface area contributed by atoms with Gasteiger partial charge in [0.05, 0.1) is 23.7 Å². The van der Waals surface area contributed by atoms with Gasteiger partial charge in [-0.1, -0.05) is 0 Å². The van der Waals surface area contributed by atoms with Crippen LogP contribution >= 0.6 is 11.8 Å². The lowest BCUT2D eigenvalue weighted by Crippen LogP contribution is -2.50. The average molecular weight is 251 g/mol. The Labute approximate surface area is 87.3 Å². The highest BCUT2D eigenvalue weighted by atomic mass is 32.2. The molecule has 1 saturated heterocycles. The SMILES string of the molecule is NCC(SC1COC1)C(F)(F)C(F)(F)F. The number of nitrogens with two attached hydrogens (primary N) is 1. The summed E-state index contributed by atoms with van der Waals surface area (Å²) in [6.45, 7) is -0.308. The molecule has 1 heterocycles. The maximum absolute atomic E-state index is 12.8. The summed E-state index contributed by atoms with van der Waals surface area (Å²) in [5.74, 6) is -4.75. The Hall–Kier alpha value is -0.0800. The summed E-state index contributed by atoms with van der Waals surface area (Å²) < 4.78 is 66.4. The van der Waals surface area contributed by atoms with Crippen LogP contribution in [0.1, 0.15) is 0 Å². The zero-order valence-electron chi connectivity index (χ0n) is 7.56.